The number of carbonyl (C=O) groups is 1. The van der Waals surface area contributed by atoms with E-state index >= 15 is 0 Å². The Morgan fingerprint density at radius 1 is 1.03 bits per heavy atom. The number of carbonyl (C=O) groups excluding carboxylic acids is 1. The summed E-state index contributed by atoms with van der Waals surface area (Å²) >= 11 is 5.02. The van der Waals surface area contributed by atoms with Crippen LogP contribution >= 0.6 is 27.7 Å². The van der Waals surface area contributed by atoms with E-state index in [1.807, 2.05) is 54.6 Å². The lowest BCUT2D eigenvalue weighted by atomic mass is 10.1. The molecule has 1 heterocycles. The molecule has 1 aliphatic rings. The summed E-state index contributed by atoms with van der Waals surface area (Å²) in [5.41, 5.74) is 4.00. The molecule has 6 heteroatoms. The van der Waals surface area contributed by atoms with Crippen molar-refractivity contribution in [3.8, 4) is 5.75 Å². The predicted octanol–water partition coefficient (Wildman–Crippen LogP) is 7.34. The minimum Gasteiger partial charge on any atom is -0.488 e. The van der Waals surface area contributed by atoms with Crippen molar-refractivity contribution in [1.82, 2.24) is 5.32 Å². The highest BCUT2D eigenvalue weighted by molar-refractivity contribution is 9.10. The number of hydrogen-bond donors (Lipinski definition) is 2. The molecule has 0 bridgehead atoms. The van der Waals surface area contributed by atoms with Crippen molar-refractivity contribution >= 4 is 56.1 Å². The fourth-order valence-corrected chi connectivity index (χ4v) is 5.39. The van der Waals surface area contributed by atoms with E-state index in [0.29, 0.717) is 11.5 Å². The summed E-state index contributed by atoms with van der Waals surface area (Å²) in [5.74, 6) is 0.631. The number of ether oxygens (including phenoxy) is 1. The quantitative estimate of drug-likeness (QED) is 0.239. The summed E-state index contributed by atoms with van der Waals surface area (Å²) < 4.78 is 7.18. The van der Waals surface area contributed by atoms with Crippen LogP contribution in [0.25, 0.3) is 16.8 Å². The molecule has 4 aromatic carbocycles. The summed E-state index contributed by atoms with van der Waals surface area (Å²) in [5, 5.41) is 8.75. The third-order valence-corrected chi connectivity index (χ3v) is 7.43. The summed E-state index contributed by atoms with van der Waals surface area (Å²) in [6.45, 7) is 2.57. The molecule has 1 atom stereocenters. The molecule has 0 unspecified atom stereocenters. The maximum Gasteiger partial charge on any atom is 0.260 e. The average molecular weight is 546 g/mol. The lowest BCUT2D eigenvalue weighted by molar-refractivity contribution is -0.116. The summed E-state index contributed by atoms with van der Waals surface area (Å²) in [7, 11) is 0. The Morgan fingerprint density at radius 2 is 1.83 bits per heavy atom. The van der Waals surface area contributed by atoms with E-state index in [1.54, 1.807) is 0 Å². The topological polar surface area (TPSA) is 50.4 Å². The van der Waals surface area contributed by atoms with Crippen molar-refractivity contribution in [1.29, 1.82) is 0 Å². The third-order valence-electron chi connectivity index (χ3n) is 5.91. The maximum atomic E-state index is 12.7. The number of thioether (sulfide) groups is 1. The molecule has 1 amide bonds. The fraction of sp³-hybridized carbons (Fsp3) is 0.138. The third kappa shape index (κ3) is 5.55. The van der Waals surface area contributed by atoms with Crippen LogP contribution in [-0.4, -0.2) is 11.4 Å². The largest absolute Gasteiger partial charge is 0.488 e. The number of amides is 1. The SMILES string of the molecule is CCc1ccc(N[C@H]2NC(=O)/C(=C/c3cc(Br)ccc3OCc3cccc4ccccc34)S2)cc1. The van der Waals surface area contributed by atoms with Gasteiger partial charge in [-0.2, -0.15) is 0 Å². The van der Waals surface area contributed by atoms with E-state index < -0.39 is 0 Å². The average Bonchev–Trinajstić information content (AvgIpc) is 3.22. The molecule has 0 aliphatic carbocycles. The van der Waals surface area contributed by atoms with E-state index in [9.17, 15) is 4.79 Å². The zero-order chi connectivity index (χ0) is 24.2. The summed E-state index contributed by atoms with van der Waals surface area (Å²) in [4.78, 5) is 13.3. The molecule has 0 aromatic heterocycles. The zero-order valence-corrected chi connectivity index (χ0v) is 21.7. The summed E-state index contributed by atoms with van der Waals surface area (Å²) in [6.07, 6.45) is 2.89. The highest BCUT2D eigenvalue weighted by Crippen LogP contribution is 2.34. The normalized spacial score (nSPS) is 16.5. The van der Waals surface area contributed by atoms with Gasteiger partial charge >= 0.3 is 0 Å². The van der Waals surface area contributed by atoms with Crippen molar-refractivity contribution in [2.45, 2.75) is 25.4 Å². The van der Waals surface area contributed by atoms with Crippen molar-refractivity contribution in [2.24, 2.45) is 0 Å². The molecule has 1 saturated heterocycles. The second-order valence-electron chi connectivity index (χ2n) is 8.28. The molecule has 35 heavy (non-hydrogen) atoms. The zero-order valence-electron chi connectivity index (χ0n) is 19.3. The van der Waals surface area contributed by atoms with Crippen molar-refractivity contribution < 1.29 is 9.53 Å². The number of benzene rings is 4. The Bertz CT molecular complexity index is 1400. The Hall–Kier alpha value is -3.22. The van der Waals surface area contributed by atoms with Gasteiger partial charge in [0, 0.05) is 15.7 Å². The molecule has 2 N–H and O–H groups in total. The molecule has 1 fully saturated rings. The Kier molecular flexibility index (Phi) is 7.11. The van der Waals surface area contributed by atoms with E-state index in [2.05, 4.69) is 69.9 Å². The first-order valence-corrected chi connectivity index (χ1v) is 13.2. The molecule has 0 radical (unpaired) electrons. The highest BCUT2D eigenvalue weighted by Gasteiger charge is 2.27. The number of hydrogen-bond acceptors (Lipinski definition) is 4. The van der Waals surface area contributed by atoms with Gasteiger partial charge in [-0.25, -0.2) is 0 Å². The predicted molar refractivity (Wildman–Crippen MR) is 149 cm³/mol. The van der Waals surface area contributed by atoms with Crippen molar-refractivity contribution in [2.75, 3.05) is 5.32 Å². The minimum absolute atomic E-state index is 0.0994. The Morgan fingerprint density at radius 3 is 2.66 bits per heavy atom. The Labute approximate surface area is 217 Å². The monoisotopic (exact) mass is 544 g/mol. The fourth-order valence-electron chi connectivity index (χ4n) is 4.03. The van der Waals surface area contributed by atoms with Crippen LogP contribution in [0.15, 0.2) is 94.3 Å². The molecule has 5 rings (SSSR count). The van der Waals surface area contributed by atoms with Gasteiger partial charge in [-0.15, -0.1) is 0 Å². The maximum absolute atomic E-state index is 12.7. The standard InChI is InChI=1S/C29H25BrN2O2S/c1-2-19-10-13-24(14-11-19)31-29-32-28(33)27(35-29)17-22-16-23(30)12-15-26(22)34-18-21-8-5-7-20-6-3-4-9-25(20)21/h3-17,29,31H,2,18H2,1H3,(H,32,33)/b27-17-/t29-/m0/s1. The highest BCUT2D eigenvalue weighted by atomic mass is 79.9. The van der Waals surface area contributed by atoms with E-state index in [-0.39, 0.29) is 11.4 Å². The molecule has 176 valence electrons. The van der Waals surface area contributed by atoms with Crippen LogP contribution in [0, 0.1) is 0 Å². The van der Waals surface area contributed by atoms with Crippen LogP contribution in [0.2, 0.25) is 0 Å². The van der Waals surface area contributed by atoms with Crippen LogP contribution in [0.4, 0.5) is 5.69 Å². The molecule has 0 saturated carbocycles. The van der Waals surface area contributed by atoms with Crippen molar-refractivity contribution in [3.05, 3.63) is 111 Å². The first-order valence-electron chi connectivity index (χ1n) is 11.5. The molecule has 4 nitrogen and oxygen atoms in total. The van der Waals surface area contributed by atoms with Crippen LogP contribution in [0.1, 0.15) is 23.6 Å². The van der Waals surface area contributed by atoms with Crippen LogP contribution in [0.5, 0.6) is 5.75 Å². The molecular formula is C29H25BrN2O2S. The number of anilines is 1. The summed E-state index contributed by atoms with van der Waals surface area (Å²) in [6, 6.07) is 28.7. The minimum atomic E-state index is -0.228. The van der Waals surface area contributed by atoms with Gasteiger partial charge < -0.3 is 15.4 Å². The van der Waals surface area contributed by atoms with Gasteiger partial charge in [-0.3, -0.25) is 4.79 Å². The van der Waals surface area contributed by atoms with Crippen molar-refractivity contribution in [3.63, 3.8) is 0 Å². The number of rotatable bonds is 7. The molecular weight excluding hydrogens is 520 g/mol. The van der Waals surface area contributed by atoms with Gasteiger partial charge in [0.25, 0.3) is 5.91 Å². The van der Waals surface area contributed by atoms with Gasteiger partial charge in [0.15, 0.2) is 5.50 Å². The van der Waals surface area contributed by atoms with Gasteiger partial charge in [0.05, 0.1) is 4.91 Å². The number of aryl methyl sites for hydroxylation is 1. The molecule has 0 spiro atoms. The first-order chi connectivity index (χ1) is 17.1. The first kappa shape index (κ1) is 23.5. The molecule has 1 aliphatic heterocycles. The lowest BCUT2D eigenvalue weighted by Gasteiger charge is -2.13. The van der Waals surface area contributed by atoms with E-state index in [0.717, 1.165) is 33.5 Å². The number of nitrogens with one attached hydrogen (secondary N) is 2. The van der Waals surface area contributed by atoms with Gasteiger partial charge in [-0.05, 0) is 64.7 Å². The number of fused-ring (bicyclic) bond motifs is 1. The second-order valence-corrected chi connectivity index (χ2v) is 10.3. The molecule has 4 aromatic rings. The number of halogens is 1. The van der Waals surface area contributed by atoms with E-state index in [1.165, 1.54) is 28.1 Å². The Balaban J connectivity index is 1.33. The van der Waals surface area contributed by atoms with Gasteiger partial charge in [-0.1, -0.05) is 89.2 Å². The smallest absolute Gasteiger partial charge is 0.260 e. The van der Waals surface area contributed by atoms with Crippen LogP contribution in [-0.2, 0) is 17.8 Å². The van der Waals surface area contributed by atoms with E-state index in [4.69, 9.17) is 4.74 Å². The van der Waals surface area contributed by atoms with Gasteiger partial charge in [0.1, 0.15) is 12.4 Å². The second kappa shape index (κ2) is 10.6. The lowest BCUT2D eigenvalue weighted by Crippen LogP contribution is -2.30. The van der Waals surface area contributed by atoms with Crippen LogP contribution < -0.4 is 15.4 Å². The van der Waals surface area contributed by atoms with Gasteiger partial charge in [0.2, 0.25) is 0 Å². The van der Waals surface area contributed by atoms with Crippen LogP contribution in [0.3, 0.4) is 0 Å².